The van der Waals surface area contributed by atoms with Gasteiger partial charge in [-0.05, 0) is 18.2 Å². The van der Waals surface area contributed by atoms with Crippen LogP contribution < -0.4 is 5.32 Å². The van der Waals surface area contributed by atoms with Crippen LogP contribution >= 0.6 is 0 Å². The average molecular weight is 211 g/mol. The molecule has 0 aromatic heterocycles. The monoisotopic (exact) mass is 211 g/mol. The summed E-state index contributed by atoms with van der Waals surface area (Å²) in [5.74, 6) is -2.45. The van der Waals surface area contributed by atoms with Gasteiger partial charge in [0.15, 0.2) is 0 Å². The van der Waals surface area contributed by atoms with Crippen molar-refractivity contribution in [1.82, 2.24) is 5.32 Å². The van der Waals surface area contributed by atoms with Crippen molar-refractivity contribution in [2.24, 2.45) is 0 Å². The van der Waals surface area contributed by atoms with Crippen LogP contribution in [-0.2, 0) is 4.79 Å². The Hall–Kier alpha value is -2.08. The van der Waals surface area contributed by atoms with Crippen molar-refractivity contribution in [2.75, 3.05) is 0 Å². The minimum atomic E-state index is -1.96. The highest BCUT2D eigenvalue weighted by Gasteiger charge is 2.16. The fourth-order valence-electron chi connectivity index (χ4n) is 0.916. The van der Waals surface area contributed by atoms with Crippen LogP contribution in [0.15, 0.2) is 24.3 Å². The van der Waals surface area contributed by atoms with Crippen LogP contribution in [0.1, 0.15) is 10.4 Å². The Morgan fingerprint density at radius 3 is 2.53 bits per heavy atom. The van der Waals surface area contributed by atoms with Gasteiger partial charge in [0.2, 0.25) is 6.23 Å². The second-order valence-corrected chi connectivity index (χ2v) is 2.76. The Morgan fingerprint density at radius 1 is 1.33 bits per heavy atom. The molecule has 1 unspecified atom stereocenters. The Balaban J connectivity index is 2.73. The highest BCUT2D eigenvalue weighted by Crippen LogP contribution is 2.10. The van der Waals surface area contributed by atoms with E-state index in [1.54, 1.807) is 0 Å². The number of hydrogen-bond acceptors (Lipinski definition) is 4. The first-order valence-electron chi connectivity index (χ1n) is 4.01. The number of carboxylic acids is 1. The lowest BCUT2D eigenvalue weighted by Gasteiger charge is -2.08. The molecule has 0 saturated carbocycles. The average Bonchev–Trinajstić information content (AvgIpc) is 2.17. The molecule has 15 heavy (non-hydrogen) atoms. The second kappa shape index (κ2) is 4.43. The van der Waals surface area contributed by atoms with Crippen molar-refractivity contribution >= 4 is 11.9 Å². The van der Waals surface area contributed by atoms with E-state index in [1.165, 1.54) is 18.2 Å². The third-order valence-corrected chi connectivity index (χ3v) is 1.61. The van der Waals surface area contributed by atoms with Gasteiger partial charge in [-0.15, -0.1) is 0 Å². The van der Waals surface area contributed by atoms with Gasteiger partial charge < -0.3 is 20.6 Å². The Bertz CT molecular complexity index is 390. The maximum atomic E-state index is 11.3. The van der Waals surface area contributed by atoms with Crippen molar-refractivity contribution < 1.29 is 24.9 Å². The molecule has 4 N–H and O–H groups in total. The molecule has 0 radical (unpaired) electrons. The molecule has 0 aliphatic carbocycles. The highest BCUT2D eigenvalue weighted by atomic mass is 16.4. The first kappa shape index (κ1) is 11.0. The first-order chi connectivity index (χ1) is 7.00. The fraction of sp³-hybridized carbons (Fsp3) is 0.111. The standard InChI is InChI=1S/C9H9NO5/c11-6-3-1-2-5(4-6)7(12)10-8(13)9(14)15/h1-4,8,11,13H,(H,10,12)(H,14,15). The van der Waals surface area contributed by atoms with E-state index in [9.17, 15) is 9.59 Å². The number of hydrogen-bond donors (Lipinski definition) is 4. The summed E-state index contributed by atoms with van der Waals surface area (Å²) in [6.07, 6.45) is -1.96. The molecule has 0 bridgehead atoms. The molecule has 0 spiro atoms. The highest BCUT2D eigenvalue weighted by molar-refractivity contribution is 5.96. The molecule has 0 aliphatic rings. The summed E-state index contributed by atoms with van der Waals surface area (Å²) in [6, 6.07) is 5.33. The number of rotatable bonds is 3. The lowest BCUT2D eigenvalue weighted by molar-refractivity contribution is -0.147. The number of aliphatic hydroxyl groups is 1. The van der Waals surface area contributed by atoms with Gasteiger partial charge in [0.05, 0.1) is 0 Å². The molecule has 0 aliphatic heterocycles. The van der Waals surface area contributed by atoms with Crippen molar-refractivity contribution in [1.29, 1.82) is 0 Å². The van der Waals surface area contributed by atoms with Crippen molar-refractivity contribution in [3.05, 3.63) is 29.8 Å². The van der Waals surface area contributed by atoms with E-state index in [-0.39, 0.29) is 11.3 Å². The number of amides is 1. The smallest absolute Gasteiger partial charge is 0.353 e. The number of carbonyl (C=O) groups excluding carboxylic acids is 1. The first-order valence-corrected chi connectivity index (χ1v) is 4.01. The summed E-state index contributed by atoms with van der Waals surface area (Å²) in [5, 5.41) is 28.0. The lowest BCUT2D eigenvalue weighted by Crippen LogP contribution is -2.40. The zero-order chi connectivity index (χ0) is 11.4. The van der Waals surface area contributed by atoms with Crippen molar-refractivity contribution in [3.63, 3.8) is 0 Å². The van der Waals surface area contributed by atoms with Crippen LogP contribution in [0.2, 0.25) is 0 Å². The quantitative estimate of drug-likeness (QED) is 0.505. The van der Waals surface area contributed by atoms with Gasteiger partial charge in [0.25, 0.3) is 5.91 Å². The van der Waals surface area contributed by atoms with Gasteiger partial charge in [0.1, 0.15) is 5.75 Å². The lowest BCUT2D eigenvalue weighted by atomic mass is 10.2. The molecule has 80 valence electrons. The number of benzene rings is 1. The summed E-state index contributed by atoms with van der Waals surface area (Å²) in [5.41, 5.74) is 0.0651. The number of nitrogens with one attached hydrogen (secondary N) is 1. The molecule has 6 heteroatoms. The van der Waals surface area contributed by atoms with E-state index in [0.29, 0.717) is 0 Å². The molecule has 1 aromatic carbocycles. The number of aliphatic carboxylic acids is 1. The molecule has 0 saturated heterocycles. The number of aromatic hydroxyl groups is 1. The van der Waals surface area contributed by atoms with Crippen LogP contribution in [0.4, 0.5) is 0 Å². The van der Waals surface area contributed by atoms with Crippen LogP contribution in [0.5, 0.6) is 5.75 Å². The molecule has 0 fully saturated rings. The van der Waals surface area contributed by atoms with E-state index in [2.05, 4.69) is 0 Å². The second-order valence-electron chi connectivity index (χ2n) is 2.76. The van der Waals surface area contributed by atoms with Crippen LogP contribution in [-0.4, -0.2) is 33.4 Å². The number of phenols is 1. The topological polar surface area (TPSA) is 107 Å². The van der Waals surface area contributed by atoms with E-state index < -0.39 is 18.1 Å². The molecular weight excluding hydrogens is 202 g/mol. The third kappa shape index (κ3) is 2.96. The molecule has 6 nitrogen and oxygen atoms in total. The summed E-state index contributed by atoms with van der Waals surface area (Å²) < 4.78 is 0. The van der Waals surface area contributed by atoms with E-state index >= 15 is 0 Å². The minimum absolute atomic E-state index is 0.0651. The van der Waals surface area contributed by atoms with Crippen molar-refractivity contribution in [2.45, 2.75) is 6.23 Å². The Labute approximate surface area is 84.8 Å². The van der Waals surface area contributed by atoms with Gasteiger partial charge >= 0.3 is 5.97 Å². The Kier molecular flexibility index (Phi) is 3.25. The third-order valence-electron chi connectivity index (χ3n) is 1.61. The fourth-order valence-corrected chi connectivity index (χ4v) is 0.916. The summed E-state index contributed by atoms with van der Waals surface area (Å²) in [4.78, 5) is 21.5. The number of phenolic OH excluding ortho intramolecular Hbond substituents is 1. The van der Waals surface area contributed by atoms with E-state index in [4.69, 9.17) is 15.3 Å². The predicted molar refractivity (Wildman–Crippen MR) is 49.2 cm³/mol. The SMILES string of the molecule is O=C(NC(O)C(=O)O)c1cccc(O)c1. The maximum absolute atomic E-state index is 11.3. The zero-order valence-electron chi connectivity index (χ0n) is 7.54. The molecule has 0 heterocycles. The van der Waals surface area contributed by atoms with Crippen LogP contribution in [0.3, 0.4) is 0 Å². The molecule has 1 rings (SSSR count). The number of aliphatic hydroxyl groups excluding tert-OH is 1. The molecular formula is C9H9NO5. The normalized spacial score (nSPS) is 11.8. The van der Waals surface area contributed by atoms with E-state index in [0.717, 1.165) is 6.07 Å². The van der Waals surface area contributed by atoms with Gasteiger partial charge in [-0.3, -0.25) is 4.79 Å². The van der Waals surface area contributed by atoms with Gasteiger partial charge in [-0.1, -0.05) is 6.07 Å². The van der Waals surface area contributed by atoms with Gasteiger partial charge in [0, 0.05) is 5.56 Å². The molecule has 1 atom stereocenters. The number of carbonyl (C=O) groups is 2. The maximum Gasteiger partial charge on any atom is 0.353 e. The largest absolute Gasteiger partial charge is 0.508 e. The van der Waals surface area contributed by atoms with Gasteiger partial charge in [-0.25, -0.2) is 4.79 Å². The predicted octanol–water partition coefficient (Wildman–Crippen LogP) is -0.475. The molecule has 1 amide bonds. The summed E-state index contributed by atoms with van der Waals surface area (Å²) in [6.45, 7) is 0. The van der Waals surface area contributed by atoms with Gasteiger partial charge in [-0.2, -0.15) is 0 Å². The van der Waals surface area contributed by atoms with Crippen molar-refractivity contribution in [3.8, 4) is 5.75 Å². The summed E-state index contributed by atoms with van der Waals surface area (Å²) in [7, 11) is 0. The number of carboxylic acid groups (broad SMARTS) is 1. The van der Waals surface area contributed by atoms with Crippen LogP contribution in [0, 0.1) is 0 Å². The van der Waals surface area contributed by atoms with Crippen LogP contribution in [0.25, 0.3) is 0 Å². The van der Waals surface area contributed by atoms with E-state index in [1.807, 2.05) is 5.32 Å². The minimum Gasteiger partial charge on any atom is -0.508 e. The Morgan fingerprint density at radius 2 is 2.00 bits per heavy atom. The summed E-state index contributed by atoms with van der Waals surface area (Å²) >= 11 is 0. The zero-order valence-corrected chi connectivity index (χ0v) is 7.54. The molecule has 1 aromatic rings.